The zero-order valence-electron chi connectivity index (χ0n) is 19.6. The molecular weight excluding hydrogens is 412 g/mol. The van der Waals surface area contributed by atoms with E-state index in [1.807, 2.05) is 97.9 Å². The van der Waals surface area contributed by atoms with Crippen LogP contribution in [0.25, 0.3) is 0 Å². The zero-order chi connectivity index (χ0) is 23.3. The van der Waals surface area contributed by atoms with E-state index in [-0.39, 0.29) is 11.9 Å². The van der Waals surface area contributed by atoms with Crippen LogP contribution in [-0.2, 0) is 38.8 Å². The molecule has 3 atom stereocenters. The number of carbonyl (C=O) groups is 1. The molecule has 0 aliphatic carbocycles. The first-order chi connectivity index (χ1) is 16.2. The van der Waals surface area contributed by atoms with Crippen LogP contribution in [0, 0.1) is 0 Å². The van der Waals surface area contributed by atoms with Crippen molar-refractivity contribution >= 4 is 5.78 Å². The van der Waals surface area contributed by atoms with Crippen LogP contribution in [0.2, 0.25) is 0 Å². The number of Topliss-reactive ketones (excluding diaryl/α,β-unsaturated/α-hetero) is 1. The molecule has 3 aromatic carbocycles. The van der Waals surface area contributed by atoms with Crippen molar-refractivity contribution in [1.29, 1.82) is 0 Å². The van der Waals surface area contributed by atoms with Gasteiger partial charge in [0.2, 0.25) is 0 Å². The minimum atomic E-state index is -0.709. The van der Waals surface area contributed by atoms with Crippen molar-refractivity contribution in [3.8, 4) is 0 Å². The summed E-state index contributed by atoms with van der Waals surface area (Å²) in [6.07, 6.45) is -0.436. The molecule has 0 spiro atoms. The number of hydrogen-bond donors (Lipinski definition) is 0. The monoisotopic (exact) mass is 446 g/mol. The second kappa shape index (κ2) is 13.7. The van der Waals surface area contributed by atoms with Crippen LogP contribution in [-0.4, -0.2) is 24.1 Å². The van der Waals surface area contributed by atoms with Gasteiger partial charge in [0.05, 0.1) is 25.9 Å². The van der Waals surface area contributed by atoms with Gasteiger partial charge in [-0.25, -0.2) is 0 Å². The fourth-order valence-electron chi connectivity index (χ4n) is 3.71. The number of hydrogen-bond acceptors (Lipinski definition) is 4. The Labute approximate surface area is 197 Å². The average Bonchev–Trinajstić information content (AvgIpc) is 2.88. The van der Waals surface area contributed by atoms with Crippen LogP contribution in [0.5, 0.6) is 0 Å². The summed E-state index contributed by atoms with van der Waals surface area (Å²) < 4.78 is 18.9. The Morgan fingerprint density at radius 3 is 1.48 bits per heavy atom. The minimum Gasteiger partial charge on any atom is -0.371 e. The molecule has 0 N–H and O–H groups in total. The summed E-state index contributed by atoms with van der Waals surface area (Å²) in [5.41, 5.74) is 3.15. The van der Waals surface area contributed by atoms with Gasteiger partial charge in [-0.3, -0.25) is 4.79 Å². The van der Waals surface area contributed by atoms with E-state index in [2.05, 4.69) is 6.92 Å². The highest BCUT2D eigenvalue weighted by molar-refractivity contribution is 5.83. The van der Waals surface area contributed by atoms with Crippen LogP contribution in [0.3, 0.4) is 0 Å². The second-order valence-corrected chi connectivity index (χ2v) is 8.04. The predicted molar refractivity (Wildman–Crippen MR) is 131 cm³/mol. The van der Waals surface area contributed by atoms with Crippen LogP contribution >= 0.6 is 0 Å². The molecule has 0 aliphatic rings. The molecule has 0 radical (unpaired) electrons. The summed E-state index contributed by atoms with van der Waals surface area (Å²) in [5.74, 6) is 0.0192. The van der Waals surface area contributed by atoms with Gasteiger partial charge >= 0.3 is 0 Å². The molecule has 4 nitrogen and oxygen atoms in total. The maximum atomic E-state index is 13.0. The maximum absolute atomic E-state index is 13.0. The summed E-state index contributed by atoms with van der Waals surface area (Å²) in [6, 6.07) is 29.9. The Bertz CT molecular complexity index is 928. The molecule has 3 rings (SSSR count). The molecule has 0 aliphatic heterocycles. The third-order valence-electron chi connectivity index (χ3n) is 5.60. The average molecular weight is 447 g/mol. The highest BCUT2D eigenvalue weighted by Gasteiger charge is 2.35. The first-order valence-corrected chi connectivity index (χ1v) is 11.7. The van der Waals surface area contributed by atoms with Gasteiger partial charge in [-0.1, -0.05) is 105 Å². The highest BCUT2D eigenvalue weighted by Crippen LogP contribution is 2.22. The summed E-state index contributed by atoms with van der Waals surface area (Å²) in [4.78, 5) is 13.0. The lowest BCUT2D eigenvalue weighted by Crippen LogP contribution is -2.46. The third-order valence-corrected chi connectivity index (χ3v) is 5.60. The molecule has 0 saturated carbocycles. The fraction of sp³-hybridized carbons (Fsp3) is 0.345. The zero-order valence-corrected chi connectivity index (χ0v) is 19.6. The fourth-order valence-corrected chi connectivity index (χ4v) is 3.71. The Morgan fingerprint density at radius 2 is 1.06 bits per heavy atom. The van der Waals surface area contributed by atoms with Crippen molar-refractivity contribution in [3.05, 3.63) is 108 Å². The summed E-state index contributed by atoms with van der Waals surface area (Å²) >= 11 is 0. The topological polar surface area (TPSA) is 44.8 Å². The third kappa shape index (κ3) is 7.93. The van der Waals surface area contributed by atoms with Crippen LogP contribution in [0.1, 0.15) is 43.4 Å². The smallest absolute Gasteiger partial charge is 0.164 e. The minimum absolute atomic E-state index is 0.0192. The van der Waals surface area contributed by atoms with E-state index in [0.29, 0.717) is 32.7 Å². The highest BCUT2D eigenvalue weighted by atomic mass is 16.6. The van der Waals surface area contributed by atoms with E-state index in [1.54, 1.807) is 0 Å². The van der Waals surface area contributed by atoms with E-state index in [9.17, 15) is 4.79 Å². The molecule has 0 unspecified atom stereocenters. The molecular formula is C29H34O4. The molecule has 0 amide bonds. The van der Waals surface area contributed by atoms with Crippen molar-refractivity contribution in [3.63, 3.8) is 0 Å². The molecule has 3 aromatic rings. The molecule has 0 bridgehead atoms. The molecule has 0 heterocycles. The van der Waals surface area contributed by atoms with Gasteiger partial charge in [0, 0.05) is 6.42 Å². The van der Waals surface area contributed by atoms with Crippen LogP contribution in [0.15, 0.2) is 91.0 Å². The molecule has 0 aromatic heterocycles. The SMILES string of the molecule is CCC(=O)[C@H](OCc1ccccc1)[C@H](OCc1ccccc1)[C@@H](CC)OCc1ccccc1. The van der Waals surface area contributed by atoms with Gasteiger partial charge in [-0.05, 0) is 23.1 Å². The van der Waals surface area contributed by atoms with E-state index >= 15 is 0 Å². The standard InChI is InChI=1S/C29H34O4/c1-3-26(30)28(32-21-24-16-10-6-11-17-24)29(33-22-25-18-12-7-13-19-25)27(4-2)31-20-23-14-8-5-9-15-23/h5-19,27-29H,3-4,20-22H2,1-2H3/t27-,28+,29-/m1/s1. The predicted octanol–water partition coefficient (Wildman–Crippen LogP) is 6.13. The van der Waals surface area contributed by atoms with Gasteiger partial charge < -0.3 is 14.2 Å². The molecule has 174 valence electrons. The van der Waals surface area contributed by atoms with Crippen LogP contribution < -0.4 is 0 Å². The van der Waals surface area contributed by atoms with Crippen molar-refractivity contribution in [2.45, 2.75) is 64.8 Å². The van der Waals surface area contributed by atoms with Gasteiger partial charge in [0.25, 0.3) is 0 Å². The van der Waals surface area contributed by atoms with Gasteiger partial charge in [0.15, 0.2) is 5.78 Å². The molecule has 0 saturated heterocycles. The van der Waals surface area contributed by atoms with E-state index in [4.69, 9.17) is 14.2 Å². The normalized spacial score (nSPS) is 13.9. The molecule has 0 fully saturated rings. The largest absolute Gasteiger partial charge is 0.371 e. The lowest BCUT2D eigenvalue weighted by Gasteiger charge is -2.32. The second-order valence-electron chi connectivity index (χ2n) is 8.04. The van der Waals surface area contributed by atoms with E-state index in [0.717, 1.165) is 16.7 Å². The van der Waals surface area contributed by atoms with Crippen molar-refractivity contribution in [2.75, 3.05) is 0 Å². The Balaban J connectivity index is 1.79. The number of ketones is 1. The summed E-state index contributed by atoms with van der Waals surface area (Å²) in [5, 5.41) is 0. The van der Waals surface area contributed by atoms with E-state index < -0.39 is 12.2 Å². The lowest BCUT2D eigenvalue weighted by atomic mass is 10.00. The number of ether oxygens (including phenoxy) is 3. The van der Waals surface area contributed by atoms with Crippen LogP contribution in [0.4, 0.5) is 0 Å². The lowest BCUT2D eigenvalue weighted by molar-refractivity contribution is -0.167. The van der Waals surface area contributed by atoms with Crippen molar-refractivity contribution in [2.24, 2.45) is 0 Å². The van der Waals surface area contributed by atoms with Crippen molar-refractivity contribution < 1.29 is 19.0 Å². The first-order valence-electron chi connectivity index (χ1n) is 11.7. The van der Waals surface area contributed by atoms with Gasteiger partial charge in [-0.15, -0.1) is 0 Å². The van der Waals surface area contributed by atoms with Gasteiger partial charge in [-0.2, -0.15) is 0 Å². The van der Waals surface area contributed by atoms with Crippen molar-refractivity contribution in [1.82, 2.24) is 0 Å². The maximum Gasteiger partial charge on any atom is 0.164 e. The number of benzene rings is 3. The first kappa shape index (κ1) is 24.8. The van der Waals surface area contributed by atoms with Gasteiger partial charge in [0.1, 0.15) is 12.2 Å². The van der Waals surface area contributed by atoms with E-state index in [1.165, 1.54) is 0 Å². The molecule has 4 heteroatoms. The quantitative estimate of drug-likeness (QED) is 0.299. The summed E-state index contributed by atoms with van der Waals surface area (Å²) in [6.45, 7) is 5.10. The number of rotatable bonds is 14. The number of carbonyl (C=O) groups excluding carboxylic acids is 1. The Morgan fingerprint density at radius 1 is 0.636 bits per heavy atom. The Hall–Kier alpha value is -2.79. The Kier molecular flexibility index (Phi) is 10.3. The molecule has 33 heavy (non-hydrogen) atoms. The summed E-state index contributed by atoms with van der Waals surface area (Å²) in [7, 11) is 0.